The van der Waals surface area contributed by atoms with Gasteiger partial charge in [-0.15, -0.1) is 0 Å². The summed E-state index contributed by atoms with van der Waals surface area (Å²) in [6.45, 7) is 16.5. The van der Waals surface area contributed by atoms with Crippen molar-refractivity contribution in [2.75, 3.05) is 0 Å². The van der Waals surface area contributed by atoms with Gasteiger partial charge in [-0.1, -0.05) is 40.5 Å². The molecule has 0 aromatic rings. The summed E-state index contributed by atoms with van der Waals surface area (Å²) in [5.74, 6) is -0.830. The number of rotatable bonds is 13. The van der Waals surface area contributed by atoms with Crippen molar-refractivity contribution in [2.24, 2.45) is 0 Å². The zero-order valence-electron chi connectivity index (χ0n) is 16.1. The monoisotopic (exact) mass is 318 g/mol. The largest absolute Gasteiger partial charge is 0.234 e. The molecule has 0 heterocycles. The molecule has 4 heteroatoms. The van der Waals surface area contributed by atoms with Gasteiger partial charge in [0.1, 0.15) is 0 Å². The molecule has 0 spiro atoms. The summed E-state index contributed by atoms with van der Waals surface area (Å²) >= 11 is 0. The van der Waals surface area contributed by atoms with Gasteiger partial charge < -0.3 is 0 Å². The van der Waals surface area contributed by atoms with E-state index in [0.717, 1.165) is 44.9 Å². The molecule has 0 aliphatic carbocycles. The minimum absolute atomic E-state index is 0.338. The lowest BCUT2D eigenvalue weighted by Crippen LogP contribution is -2.42. The fourth-order valence-electron chi connectivity index (χ4n) is 1.63. The van der Waals surface area contributed by atoms with Crippen LogP contribution in [0.25, 0.3) is 0 Å². The van der Waals surface area contributed by atoms with E-state index in [1.807, 2.05) is 27.7 Å². The van der Waals surface area contributed by atoms with E-state index in [9.17, 15) is 0 Å². The first kappa shape index (κ1) is 21.8. The number of hydrogen-bond donors (Lipinski definition) is 0. The smallest absolute Gasteiger partial charge is 0.228 e. The van der Waals surface area contributed by atoms with Gasteiger partial charge in [0.25, 0.3) is 0 Å². The molecule has 0 atom stereocenters. The van der Waals surface area contributed by atoms with Gasteiger partial charge in [-0.3, -0.25) is 0 Å². The maximum absolute atomic E-state index is 5.82. The second-order valence-electron chi connectivity index (χ2n) is 7.32. The summed E-state index contributed by atoms with van der Waals surface area (Å²) in [4.78, 5) is 23.0. The maximum atomic E-state index is 5.82. The van der Waals surface area contributed by atoms with Gasteiger partial charge in [-0.25, -0.2) is 9.78 Å². The fraction of sp³-hybridized carbons (Fsp3) is 1.00. The Morgan fingerprint density at radius 1 is 0.591 bits per heavy atom. The zero-order valence-corrected chi connectivity index (χ0v) is 16.1. The van der Waals surface area contributed by atoms with Gasteiger partial charge in [0.05, 0.1) is 11.2 Å². The van der Waals surface area contributed by atoms with Gasteiger partial charge in [0, 0.05) is 12.8 Å². The zero-order chi connectivity index (χ0) is 17.3. The molecular weight excluding hydrogens is 280 g/mol. The Balaban J connectivity index is 4.97. The fourth-order valence-corrected chi connectivity index (χ4v) is 1.63. The van der Waals surface area contributed by atoms with Gasteiger partial charge in [-0.05, 0) is 47.0 Å². The second-order valence-corrected chi connectivity index (χ2v) is 7.32. The molecule has 22 heavy (non-hydrogen) atoms. The summed E-state index contributed by atoms with van der Waals surface area (Å²) < 4.78 is 0. The summed E-state index contributed by atoms with van der Waals surface area (Å²) in [6, 6.07) is 0. The van der Waals surface area contributed by atoms with Gasteiger partial charge in [0.2, 0.25) is 5.79 Å². The minimum atomic E-state index is -0.830. The number of hydrogen-bond acceptors (Lipinski definition) is 4. The molecule has 4 nitrogen and oxygen atoms in total. The Kier molecular flexibility index (Phi) is 9.79. The van der Waals surface area contributed by atoms with E-state index in [1.54, 1.807) is 0 Å². The summed E-state index contributed by atoms with van der Waals surface area (Å²) in [7, 11) is 0. The predicted octanol–water partition coefficient (Wildman–Crippen LogP) is 5.95. The molecule has 0 aromatic heterocycles. The Bertz CT molecular complexity index is 267. The van der Waals surface area contributed by atoms with Crippen LogP contribution < -0.4 is 0 Å². The molecule has 0 bridgehead atoms. The van der Waals surface area contributed by atoms with E-state index >= 15 is 0 Å². The molecule has 0 radical (unpaired) electrons. The quantitative estimate of drug-likeness (QED) is 0.239. The molecule has 0 saturated heterocycles. The summed E-state index contributed by atoms with van der Waals surface area (Å²) in [5, 5.41) is 0. The standard InChI is InChI=1S/C18H38O4/c1-9-13-15-18(14-10-2,21-19-16(5,6)11-3)22-20-17(7,8)12-4/h9-15H2,1-8H3. The van der Waals surface area contributed by atoms with Crippen molar-refractivity contribution >= 4 is 0 Å². The molecule has 0 aromatic carbocycles. The van der Waals surface area contributed by atoms with Crippen LogP contribution in [0, 0.1) is 0 Å². The van der Waals surface area contributed by atoms with Crippen molar-refractivity contribution in [3.63, 3.8) is 0 Å². The van der Waals surface area contributed by atoms with Crippen LogP contribution >= 0.6 is 0 Å². The van der Waals surface area contributed by atoms with E-state index in [1.165, 1.54) is 0 Å². The first-order valence-corrected chi connectivity index (χ1v) is 8.89. The molecule has 0 unspecified atom stereocenters. The van der Waals surface area contributed by atoms with Crippen molar-refractivity contribution in [3.8, 4) is 0 Å². The first-order chi connectivity index (χ1) is 10.2. The average molecular weight is 318 g/mol. The first-order valence-electron chi connectivity index (χ1n) is 8.89. The van der Waals surface area contributed by atoms with E-state index in [4.69, 9.17) is 19.6 Å². The number of unbranched alkanes of at least 4 members (excludes halogenated alkanes) is 1. The Morgan fingerprint density at radius 3 is 1.36 bits per heavy atom. The highest BCUT2D eigenvalue weighted by Gasteiger charge is 2.38. The molecule has 134 valence electrons. The molecule has 0 aliphatic heterocycles. The van der Waals surface area contributed by atoms with E-state index in [0.29, 0.717) is 0 Å². The molecule has 0 saturated carbocycles. The molecule has 0 aliphatic rings. The SMILES string of the molecule is CCCCC(CCC)(OOC(C)(C)CC)OOC(C)(C)CC. The third-order valence-corrected chi connectivity index (χ3v) is 4.08. The lowest BCUT2D eigenvalue weighted by atomic mass is 10.0. The van der Waals surface area contributed by atoms with Crippen LogP contribution in [-0.4, -0.2) is 17.0 Å². The molecular formula is C18H38O4. The maximum Gasteiger partial charge on any atom is 0.234 e. The second kappa shape index (κ2) is 9.86. The van der Waals surface area contributed by atoms with Crippen LogP contribution in [0.4, 0.5) is 0 Å². The molecule has 0 amide bonds. The minimum Gasteiger partial charge on any atom is -0.228 e. The lowest BCUT2D eigenvalue weighted by Gasteiger charge is -2.36. The molecule has 0 N–H and O–H groups in total. The van der Waals surface area contributed by atoms with Crippen molar-refractivity contribution < 1.29 is 19.6 Å². The molecule has 0 rings (SSSR count). The van der Waals surface area contributed by atoms with Crippen molar-refractivity contribution in [3.05, 3.63) is 0 Å². The van der Waals surface area contributed by atoms with Gasteiger partial charge in [-0.2, -0.15) is 9.78 Å². The van der Waals surface area contributed by atoms with Crippen LogP contribution in [0.5, 0.6) is 0 Å². The summed E-state index contributed by atoms with van der Waals surface area (Å²) in [6.07, 6.45) is 6.26. The van der Waals surface area contributed by atoms with Gasteiger partial charge >= 0.3 is 0 Å². The third kappa shape index (κ3) is 8.47. The topological polar surface area (TPSA) is 36.9 Å². The van der Waals surface area contributed by atoms with Gasteiger partial charge in [0.15, 0.2) is 0 Å². The normalized spacial score (nSPS) is 13.6. The Morgan fingerprint density at radius 2 is 1.05 bits per heavy atom. The predicted molar refractivity (Wildman–Crippen MR) is 90.2 cm³/mol. The van der Waals surface area contributed by atoms with E-state index in [2.05, 4.69) is 27.7 Å². The third-order valence-electron chi connectivity index (χ3n) is 4.08. The van der Waals surface area contributed by atoms with Crippen LogP contribution in [0.15, 0.2) is 0 Å². The average Bonchev–Trinajstić information content (AvgIpc) is 2.49. The van der Waals surface area contributed by atoms with Crippen molar-refractivity contribution in [2.45, 2.75) is 117 Å². The van der Waals surface area contributed by atoms with Crippen LogP contribution in [0.2, 0.25) is 0 Å². The lowest BCUT2D eigenvalue weighted by molar-refractivity contribution is -0.546. The van der Waals surface area contributed by atoms with Crippen molar-refractivity contribution in [1.29, 1.82) is 0 Å². The van der Waals surface area contributed by atoms with Crippen LogP contribution in [-0.2, 0) is 19.6 Å². The Labute approximate surface area is 137 Å². The van der Waals surface area contributed by atoms with E-state index in [-0.39, 0.29) is 11.2 Å². The Hall–Kier alpha value is -0.160. The highest BCUT2D eigenvalue weighted by Crippen LogP contribution is 2.32. The van der Waals surface area contributed by atoms with Crippen LogP contribution in [0.3, 0.4) is 0 Å². The van der Waals surface area contributed by atoms with Crippen molar-refractivity contribution in [1.82, 2.24) is 0 Å². The summed E-state index contributed by atoms with van der Waals surface area (Å²) in [5.41, 5.74) is -0.677. The highest BCUT2D eigenvalue weighted by atomic mass is 17.3. The van der Waals surface area contributed by atoms with E-state index < -0.39 is 5.79 Å². The van der Waals surface area contributed by atoms with Crippen LogP contribution in [0.1, 0.15) is 100 Å². The molecule has 0 fully saturated rings. The highest BCUT2D eigenvalue weighted by molar-refractivity contribution is 4.70.